The minimum absolute atomic E-state index is 0.0916. The lowest BCUT2D eigenvalue weighted by Crippen LogP contribution is -2.21. The van der Waals surface area contributed by atoms with Gasteiger partial charge in [0.05, 0.1) is 18.4 Å². The Hall–Kier alpha value is -1.13. The minimum atomic E-state index is -0.298. The Morgan fingerprint density at radius 2 is 2.11 bits per heavy atom. The van der Waals surface area contributed by atoms with Crippen LogP contribution in [0.4, 0.5) is 4.39 Å². The van der Waals surface area contributed by atoms with Gasteiger partial charge in [-0.1, -0.05) is 16.8 Å². The average molecular weight is 272 g/mol. The molecule has 0 heterocycles. The minimum Gasteiger partial charge on any atom is -0.411 e. The molecule has 1 aliphatic carbocycles. The summed E-state index contributed by atoms with van der Waals surface area (Å²) in [5, 5.41) is 12.4. The van der Waals surface area contributed by atoms with Crippen LogP contribution in [0.3, 0.4) is 0 Å². The van der Waals surface area contributed by atoms with Gasteiger partial charge in [0.15, 0.2) is 0 Å². The second kappa shape index (κ2) is 6.16. The summed E-state index contributed by atoms with van der Waals surface area (Å²) in [5.41, 5.74) is 1.29. The Bertz CT molecular complexity index is 441. The molecule has 98 valence electrons. The van der Waals surface area contributed by atoms with Crippen molar-refractivity contribution in [3.05, 3.63) is 34.6 Å². The van der Waals surface area contributed by atoms with Crippen molar-refractivity contribution in [2.75, 3.05) is 0 Å². The number of nitrogens with zero attached hydrogens (tertiary/aromatic N) is 1. The highest BCUT2D eigenvalue weighted by atomic mass is 35.5. The molecular weight excluding hydrogens is 257 g/mol. The van der Waals surface area contributed by atoms with Gasteiger partial charge in [0.1, 0.15) is 5.82 Å². The van der Waals surface area contributed by atoms with Crippen LogP contribution in [-0.4, -0.2) is 17.0 Å². The number of halogens is 2. The standard InChI is InChI=1S/C13H15ClFNO2/c14-10-1-6-13(15)9(7-10)8-18-12-4-2-11(16-17)3-5-12/h1,6-7,12,17H,2-5,8H2. The lowest BCUT2D eigenvalue weighted by Gasteiger charge is -2.22. The van der Waals surface area contributed by atoms with Crippen LogP contribution in [0.1, 0.15) is 31.2 Å². The molecule has 0 aromatic heterocycles. The molecule has 1 fully saturated rings. The maximum absolute atomic E-state index is 13.4. The van der Waals surface area contributed by atoms with E-state index in [-0.39, 0.29) is 18.5 Å². The largest absolute Gasteiger partial charge is 0.411 e. The van der Waals surface area contributed by atoms with Gasteiger partial charge >= 0.3 is 0 Å². The predicted octanol–water partition coefficient (Wildman–Crippen LogP) is 3.77. The number of benzene rings is 1. The van der Waals surface area contributed by atoms with Gasteiger partial charge < -0.3 is 9.94 Å². The van der Waals surface area contributed by atoms with Gasteiger partial charge in [-0.3, -0.25) is 0 Å². The van der Waals surface area contributed by atoms with Gasteiger partial charge in [-0.15, -0.1) is 0 Å². The molecule has 5 heteroatoms. The molecule has 0 spiro atoms. The number of hydrogen-bond acceptors (Lipinski definition) is 3. The van der Waals surface area contributed by atoms with Gasteiger partial charge in [0.2, 0.25) is 0 Å². The highest BCUT2D eigenvalue weighted by Crippen LogP contribution is 2.22. The lowest BCUT2D eigenvalue weighted by atomic mass is 9.96. The fourth-order valence-corrected chi connectivity index (χ4v) is 2.25. The molecule has 0 aliphatic heterocycles. The summed E-state index contributed by atoms with van der Waals surface area (Å²) in [7, 11) is 0. The van der Waals surface area contributed by atoms with Crippen molar-refractivity contribution in [2.24, 2.45) is 5.16 Å². The van der Waals surface area contributed by atoms with Crippen molar-refractivity contribution in [3.63, 3.8) is 0 Å². The summed E-state index contributed by atoms with van der Waals surface area (Å²) in [4.78, 5) is 0. The maximum Gasteiger partial charge on any atom is 0.128 e. The molecule has 0 radical (unpaired) electrons. The number of rotatable bonds is 3. The molecular formula is C13H15ClFNO2. The maximum atomic E-state index is 13.4. The van der Waals surface area contributed by atoms with E-state index in [0.29, 0.717) is 10.6 Å². The average Bonchev–Trinajstić information content (AvgIpc) is 2.40. The van der Waals surface area contributed by atoms with E-state index in [1.165, 1.54) is 12.1 Å². The Morgan fingerprint density at radius 3 is 2.78 bits per heavy atom. The molecule has 1 aromatic carbocycles. The predicted molar refractivity (Wildman–Crippen MR) is 67.7 cm³/mol. The normalized spacial score (nSPS) is 19.9. The third kappa shape index (κ3) is 3.43. The summed E-state index contributed by atoms with van der Waals surface area (Å²) in [6, 6.07) is 4.45. The van der Waals surface area contributed by atoms with E-state index in [0.717, 1.165) is 31.4 Å². The zero-order chi connectivity index (χ0) is 13.0. The van der Waals surface area contributed by atoms with Crippen LogP contribution >= 0.6 is 11.6 Å². The molecule has 3 nitrogen and oxygen atoms in total. The summed E-state index contributed by atoms with van der Waals surface area (Å²) in [6.07, 6.45) is 3.18. The number of oxime groups is 1. The van der Waals surface area contributed by atoms with Crippen LogP contribution in [0.2, 0.25) is 5.02 Å². The zero-order valence-corrected chi connectivity index (χ0v) is 10.7. The highest BCUT2D eigenvalue weighted by molar-refractivity contribution is 6.30. The quantitative estimate of drug-likeness (QED) is 0.672. The molecule has 0 atom stereocenters. The third-order valence-corrected chi connectivity index (χ3v) is 3.37. The van der Waals surface area contributed by atoms with Gasteiger partial charge in [-0.25, -0.2) is 4.39 Å². The van der Waals surface area contributed by atoms with Crippen LogP contribution in [0.25, 0.3) is 0 Å². The van der Waals surface area contributed by atoms with Gasteiger partial charge in [0, 0.05) is 10.6 Å². The highest BCUT2D eigenvalue weighted by Gasteiger charge is 2.18. The smallest absolute Gasteiger partial charge is 0.128 e. The summed E-state index contributed by atoms with van der Waals surface area (Å²) in [5.74, 6) is -0.298. The van der Waals surface area contributed by atoms with Crippen LogP contribution in [0.15, 0.2) is 23.4 Å². The third-order valence-electron chi connectivity index (χ3n) is 3.13. The second-order valence-electron chi connectivity index (χ2n) is 4.41. The molecule has 0 saturated heterocycles. The topological polar surface area (TPSA) is 41.8 Å². The van der Waals surface area contributed by atoms with Crippen LogP contribution < -0.4 is 0 Å². The van der Waals surface area contributed by atoms with E-state index in [1.54, 1.807) is 6.07 Å². The summed E-state index contributed by atoms with van der Waals surface area (Å²) in [6.45, 7) is 0.225. The van der Waals surface area contributed by atoms with Crippen molar-refractivity contribution < 1.29 is 14.3 Å². The van der Waals surface area contributed by atoms with Gasteiger partial charge in [0.25, 0.3) is 0 Å². The first-order valence-corrected chi connectivity index (χ1v) is 6.32. The Balaban J connectivity index is 1.87. The monoisotopic (exact) mass is 271 g/mol. The molecule has 18 heavy (non-hydrogen) atoms. The van der Waals surface area contributed by atoms with Crippen molar-refractivity contribution in [1.82, 2.24) is 0 Å². The van der Waals surface area contributed by atoms with E-state index in [2.05, 4.69) is 5.16 Å². The van der Waals surface area contributed by atoms with Gasteiger partial charge in [-0.05, 0) is 43.9 Å². The Morgan fingerprint density at radius 1 is 1.39 bits per heavy atom. The van der Waals surface area contributed by atoms with E-state index in [1.807, 2.05) is 0 Å². The van der Waals surface area contributed by atoms with Crippen molar-refractivity contribution >= 4 is 17.3 Å². The van der Waals surface area contributed by atoms with E-state index < -0.39 is 0 Å². The second-order valence-corrected chi connectivity index (χ2v) is 4.85. The molecule has 1 aromatic rings. The van der Waals surface area contributed by atoms with Crippen molar-refractivity contribution in [2.45, 2.75) is 38.4 Å². The summed E-state index contributed by atoms with van der Waals surface area (Å²) < 4.78 is 19.1. The fraction of sp³-hybridized carbons (Fsp3) is 0.462. The molecule has 2 rings (SSSR count). The molecule has 1 aliphatic rings. The fourth-order valence-electron chi connectivity index (χ4n) is 2.05. The lowest BCUT2D eigenvalue weighted by molar-refractivity contribution is 0.0263. The van der Waals surface area contributed by atoms with Crippen LogP contribution in [0.5, 0.6) is 0 Å². The number of hydrogen-bond donors (Lipinski definition) is 1. The Labute approximate surface area is 110 Å². The first kappa shape index (κ1) is 13.3. The van der Waals surface area contributed by atoms with E-state index in [9.17, 15) is 4.39 Å². The van der Waals surface area contributed by atoms with Crippen molar-refractivity contribution in [3.8, 4) is 0 Å². The molecule has 1 saturated carbocycles. The first-order chi connectivity index (χ1) is 8.69. The molecule has 0 amide bonds. The molecule has 0 unspecified atom stereocenters. The van der Waals surface area contributed by atoms with Crippen LogP contribution in [0, 0.1) is 5.82 Å². The summed E-state index contributed by atoms with van der Waals surface area (Å²) >= 11 is 5.81. The Kier molecular flexibility index (Phi) is 4.55. The zero-order valence-electron chi connectivity index (χ0n) is 9.90. The van der Waals surface area contributed by atoms with Gasteiger partial charge in [-0.2, -0.15) is 0 Å². The van der Waals surface area contributed by atoms with Crippen molar-refractivity contribution in [1.29, 1.82) is 0 Å². The SMILES string of the molecule is ON=C1CCC(OCc2cc(Cl)ccc2F)CC1. The van der Waals surface area contributed by atoms with E-state index in [4.69, 9.17) is 21.5 Å². The molecule has 0 bridgehead atoms. The van der Waals surface area contributed by atoms with E-state index >= 15 is 0 Å². The number of ether oxygens (including phenoxy) is 1. The molecule has 1 N–H and O–H groups in total. The first-order valence-electron chi connectivity index (χ1n) is 5.94. The van der Waals surface area contributed by atoms with Crippen LogP contribution in [-0.2, 0) is 11.3 Å².